The molecule has 0 aliphatic carbocycles. The van der Waals surface area contributed by atoms with Gasteiger partial charge in [-0.25, -0.2) is 4.98 Å². The average molecular weight is 273 g/mol. The van der Waals surface area contributed by atoms with Crippen molar-refractivity contribution in [1.82, 2.24) is 9.38 Å². The third-order valence-electron chi connectivity index (χ3n) is 2.75. The smallest absolute Gasteiger partial charge is 0.297 e. The quantitative estimate of drug-likeness (QED) is 0.638. The summed E-state index contributed by atoms with van der Waals surface area (Å²) >= 11 is 0. The van der Waals surface area contributed by atoms with Gasteiger partial charge in [-0.15, -0.1) is 0 Å². The Kier molecular flexibility index (Phi) is 3.17. The molecule has 0 aliphatic heterocycles. The molecule has 2 rings (SSSR count). The molecule has 0 saturated heterocycles. The van der Waals surface area contributed by atoms with E-state index in [1.54, 1.807) is 6.92 Å². The van der Waals surface area contributed by atoms with E-state index in [0.717, 1.165) is 10.5 Å². The van der Waals surface area contributed by atoms with Crippen molar-refractivity contribution in [2.75, 3.05) is 0 Å². The fourth-order valence-corrected chi connectivity index (χ4v) is 1.96. The van der Waals surface area contributed by atoms with Crippen LogP contribution in [0.15, 0.2) is 18.3 Å². The van der Waals surface area contributed by atoms with Gasteiger partial charge in [0.15, 0.2) is 0 Å². The number of hydrogen-bond acceptors (Lipinski definition) is 3. The van der Waals surface area contributed by atoms with Crippen molar-refractivity contribution in [3.8, 4) is 0 Å². The van der Waals surface area contributed by atoms with Crippen LogP contribution >= 0.6 is 0 Å². The van der Waals surface area contributed by atoms with E-state index in [-0.39, 0.29) is 11.3 Å². The minimum absolute atomic E-state index is 0.189. The predicted molar refractivity (Wildman–Crippen MR) is 60.3 cm³/mol. The predicted octanol–water partition coefficient (Wildman–Crippen LogP) is 2.69. The minimum atomic E-state index is -4.54. The number of nitro groups is 1. The van der Waals surface area contributed by atoms with Crippen LogP contribution in [0.4, 0.5) is 13.2 Å². The summed E-state index contributed by atoms with van der Waals surface area (Å²) in [4.78, 5) is 13.9. The highest BCUT2D eigenvalue weighted by Gasteiger charge is 2.34. The number of pyridine rings is 1. The second kappa shape index (κ2) is 4.52. The van der Waals surface area contributed by atoms with Crippen LogP contribution in [0, 0.1) is 10.1 Å². The second-order valence-electron chi connectivity index (χ2n) is 3.96. The van der Waals surface area contributed by atoms with Gasteiger partial charge >= 0.3 is 6.18 Å². The summed E-state index contributed by atoms with van der Waals surface area (Å²) in [6.07, 6.45) is -2.84. The summed E-state index contributed by atoms with van der Waals surface area (Å²) in [5, 5.41) is 10.6. The summed E-state index contributed by atoms with van der Waals surface area (Å²) in [7, 11) is 0. The topological polar surface area (TPSA) is 60.4 Å². The second-order valence-corrected chi connectivity index (χ2v) is 3.96. The van der Waals surface area contributed by atoms with Gasteiger partial charge < -0.3 is 0 Å². The van der Waals surface area contributed by atoms with Crippen molar-refractivity contribution < 1.29 is 18.1 Å². The molecule has 2 aromatic heterocycles. The molecule has 102 valence electrons. The van der Waals surface area contributed by atoms with Gasteiger partial charge in [-0.1, -0.05) is 6.92 Å². The molecule has 0 saturated carbocycles. The van der Waals surface area contributed by atoms with E-state index >= 15 is 0 Å². The minimum Gasteiger partial charge on any atom is -0.297 e. The standard InChI is InChI=1S/C11H10F3N3O2/c1-2-8-9(6-17(18)19)16-5-3-4-7(10(16)15-8)11(12,13)14/h3-5H,2,6H2,1H3. The van der Waals surface area contributed by atoms with Crippen LogP contribution in [0.1, 0.15) is 23.9 Å². The maximum atomic E-state index is 12.8. The molecule has 5 nitrogen and oxygen atoms in total. The molecule has 0 N–H and O–H groups in total. The number of nitrogens with zero attached hydrogens (tertiary/aromatic N) is 3. The van der Waals surface area contributed by atoms with Gasteiger partial charge in [0.1, 0.15) is 11.3 Å². The largest absolute Gasteiger partial charge is 0.419 e. The van der Waals surface area contributed by atoms with Gasteiger partial charge in [-0.05, 0) is 18.6 Å². The number of imidazole rings is 1. The monoisotopic (exact) mass is 273 g/mol. The van der Waals surface area contributed by atoms with Gasteiger partial charge in [0, 0.05) is 11.1 Å². The molecule has 19 heavy (non-hydrogen) atoms. The molecule has 0 amide bonds. The number of aromatic nitrogens is 2. The third-order valence-corrected chi connectivity index (χ3v) is 2.75. The van der Waals surface area contributed by atoms with Crippen molar-refractivity contribution in [2.24, 2.45) is 0 Å². The first-order valence-corrected chi connectivity index (χ1v) is 5.52. The molecule has 0 fully saturated rings. The van der Waals surface area contributed by atoms with E-state index < -0.39 is 23.2 Å². The van der Waals surface area contributed by atoms with E-state index in [0.29, 0.717) is 12.1 Å². The Hall–Kier alpha value is -2.12. The average Bonchev–Trinajstić information content (AvgIpc) is 2.65. The van der Waals surface area contributed by atoms with E-state index in [1.807, 2.05) is 0 Å². The highest BCUT2D eigenvalue weighted by Crippen LogP contribution is 2.32. The Morgan fingerprint density at radius 1 is 1.47 bits per heavy atom. The molecule has 0 radical (unpaired) electrons. The highest BCUT2D eigenvalue weighted by molar-refractivity contribution is 5.52. The van der Waals surface area contributed by atoms with Gasteiger partial charge in [-0.2, -0.15) is 13.2 Å². The van der Waals surface area contributed by atoms with Crippen LogP contribution in [0.3, 0.4) is 0 Å². The van der Waals surface area contributed by atoms with E-state index in [4.69, 9.17) is 0 Å². The Morgan fingerprint density at radius 2 is 2.16 bits per heavy atom. The van der Waals surface area contributed by atoms with Crippen molar-refractivity contribution in [1.29, 1.82) is 0 Å². The van der Waals surface area contributed by atoms with Gasteiger partial charge in [0.2, 0.25) is 6.54 Å². The first-order chi connectivity index (χ1) is 8.84. The zero-order valence-corrected chi connectivity index (χ0v) is 9.94. The van der Waals surface area contributed by atoms with Crippen LogP contribution < -0.4 is 0 Å². The molecular weight excluding hydrogens is 263 g/mol. The zero-order chi connectivity index (χ0) is 14.2. The summed E-state index contributed by atoms with van der Waals surface area (Å²) in [6, 6.07) is 2.12. The molecule has 0 aliphatic rings. The third kappa shape index (κ3) is 2.38. The van der Waals surface area contributed by atoms with Crippen LogP contribution in [0.2, 0.25) is 0 Å². The summed E-state index contributed by atoms with van der Waals surface area (Å²) in [5.74, 6) is 0. The van der Waals surface area contributed by atoms with E-state index in [1.165, 1.54) is 12.3 Å². The summed E-state index contributed by atoms with van der Waals surface area (Å²) in [6.45, 7) is 1.14. The number of aryl methyl sites for hydroxylation is 1. The first-order valence-electron chi connectivity index (χ1n) is 5.52. The van der Waals surface area contributed by atoms with Crippen molar-refractivity contribution in [3.63, 3.8) is 0 Å². The molecule has 2 heterocycles. The normalized spacial score (nSPS) is 12.0. The molecule has 0 unspecified atom stereocenters. The molecule has 0 spiro atoms. The number of halogens is 3. The Morgan fingerprint density at radius 3 is 2.68 bits per heavy atom. The van der Waals surface area contributed by atoms with E-state index in [2.05, 4.69) is 4.98 Å². The SMILES string of the molecule is CCc1nc2c(C(F)(F)F)cccn2c1C[N+](=O)[O-]. The fraction of sp³-hybridized carbons (Fsp3) is 0.364. The lowest BCUT2D eigenvalue weighted by molar-refractivity contribution is -0.497. The number of hydrogen-bond donors (Lipinski definition) is 0. The van der Waals surface area contributed by atoms with Crippen LogP contribution in [0.25, 0.3) is 5.65 Å². The maximum absolute atomic E-state index is 12.8. The summed E-state index contributed by atoms with van der Waals surface area (Å²) < 4.78 is 39.7. The molecule has 0 bridgehead atoms. The zero-order valence-electron chi connectivity index (χ0n) is 9.94. The van der Waals surface area contributed by atoms with Crippen LogP contribution in [0.5, 0.6) is 0 Å². The molecule has 0 aromatic carbocycles. The fourth-order valence-electron chi connectivity index (χ4n) is 1.96. The van der Waals surface area contributed by atoms with Gasteiger partial charge in [-0.3, -0.25) is 14.5 Å². The maximum Gasteiger partial charge on any atom is 0.419 e. The van der Waals surface area contributed by atoms with E-state index in [9.17, 15) is 23.3 Å². The first kappa shape index (κ1) is 13.3. The number of fused-ring (bicyclic) bond motifs is 1. The lowest BCUT2D eigenvalue weighted by Crippen LogP contribution is -2.09. The highest BCUT2D eigenvalue weighted by atomic mass is 19.4. The lowest BCUT2D eigenvalue weighted by Gasteiger charge is -2.07. The summed E-state index contributed by atoms with van der Waals surface area (Å²) in [5.41, 5.74) is -0.676. The Balaban J connectivity index is 2.73. The Bertz CT molecular complexity index is 634. The van der Waals surface area contributed by atoms with Crippen molar-refractivity contribution in [3.05, 3.63) is 45.4 Å². The molecule has 0 atom stereocenters. The Labute approximate surface area is 105 Å². The van der Waals surface area contributed by atoms with Gasteiger partial charge in [0.05, 0.1) is 11.3 Å². The van der Waals surface area contributed by atoms with Gasteiger partial charge in [0.25, 0.3) is 0 Å². The number of alkyl halides is 3. The van der Waals surface area contributed by atoms with Crippen molar-refractivity contribution in [2.45, 2.75) is 26.1 Å². The van der Waals surface area contributed by atoms with Crippen LogP contribution in [-0.2, 0) is 19.1 Å². The molecule has 2 aromatic rings. The molecule has 8 heteroatoms. The van der Waals surface area contributed by atoms with Crippen molar-refractivity contribution >= 4 is 5.65 Å². The molecular formula is C11H10F3N3O2. The van der Waals surface area contributed by atoms with Crippen LogP contribution in [-0.4, -0.2) is 14.3 Å². The number of rotatable bonds is 3. The lowest BCUT2D eigenvalue weighted by atomic mass is 10.2.